The van der Waals surface area contributed by atoms with Gasteiger partial charge in [0.15, 0.2) is 5.78 Å². The van der Waals surface area contributed by atoms with Gasteiger partial charge in [0.1, 0.15) is 12.4 Å². The topological polar surface area (TPSA) is 91.6 Å². The predicted octanol–water partition coefficient (Wildman–Crippen LogP) is 1.37. The van der Waals surface area contributed by atoms with Crippen LogP contribution in [0.2, 0.25) is 0 Å². The van der Waals surface area contributed by atoms with Crippen LogP contribution in [-0.2, 0) is 11.3 Å². The zero-order valence-electron chi connectivity index (χ0n) is 13.4. The van der Waals surface area contributed by atoms with Crippen molar-refractivity contribution in [3.05, 3.63) is 34.8 Å². The van der Waals surface area contributed by atoms with Gasteiger partial charge in [0.2, 0.25) is 5.91 Å². The number of hydrogen-bond donors (Lipinski definition) is 2. The van der Waals surface area contributed by atoms with Crippen molar-refractivity contribution in [2.75, 3.05) is 13.1 Å². The summed E-state index contributed by atoms with van der Waals surface area (Å²) in [6, 6.07) is 2.63. The third-order valence-corrected chi connectivity index (χ3v) is 4.47. The molecule has 2 aromatic rings. The van der Waals surface area contributed by atoms with Crippen LogP contribution < -0.4 is 5.73 Å². The summed E-state index contributed by atoms with van der Waals surface area (Å²) >= 11 is 0. The Morgan fingerprint density at radius 2 is 2.12 bits per heavy atom. The summed E-state index contributed by atoms with van der Waals surface area (Å²) < 4.78 is 13.8. The molecule has 0 radical (unpaired) electrons. The van der Waals surface area contributed by atoms with Gasteiger partial charge in [-0.05, 0) is 26.0 Å². The number of halogens is 1. The molecule has 2 aliphatic rings. The lowest BCUT2D eigenvalue weighted by molar-refractivity contribution is -0.135. The minimum absolute atomic E-state index is 0.0456. The van der Waals surface area contributed by atoms with Crippen LogP contribution in [0.25, 0.3) is 10.9 Å². The van der Waals surface area contributed by atoms with Crippen LogP contribution in [0.3, 0.4) is 0 Å². The van der Waals surface area contributed by atoms with Gasteiger partial charge in [-0.1, -0.05) is 0 Å². The summed E-state index contributed by atoms with van der Waals surface area (Å²) in [6.45, 7) is 3.89. The Morgan fingerprint density at radius 1 is 1.38 bits per heavy atom. The van der Waals surface area contributed by atoms with E-state index in [9.17, 15) is 14.0 Å². The number of rotatable bonds is 1. The van der Waals surface area contributed by atoms with Gasteiger partial charge in [0, 0.05) is 27.7 Å². The molecule has 0 bridgehead atoms. The summed E-state index contributed by atoms with van der Waals surface area (Å²) in [5.41, 5.74) is 8.08. The molecule has 2 aliphatic heterocycles. The first-order valence-corrected chi connectivity index (χ1v) is 7.75. The number of aromatic amines is 1. The van der Waals surface area contributed by atoms with Crippen molar-refractivity contribution in [1.82, 2.24) is 9.88 Å². The predicted molar refractivity (Wildman–Crippen MR) is 87.7 cm³/mol. The Kier molecular flexibility index (Phi) is 2.96. The number of hydrogen-bond acceptors (Lipinski definition) is 4. The highest BCUT2D eigenvalue weighted by Crippen LogP contribution is 2.33. The van der Waals surface area contributed by atoms with Gasteiger partial charge in [-0.3, -0.25) is 14.6 Å². The van der Waals surface area contributed by atoms with Crippen molar-refractivity contribution in [2.24, 2.45) is 10.7 Å². The molecular formula is C17H17FN4O2. The maximum atomic E-state index is 13.8. The van der Waals surface area contributed by atoms with Crippen LogP contribution in [0.5, 0.6) is 0 Å². The molecule has 0 saturated carbocycles. The zero-order valence-corrected chi connectivity index (χ0v) is 13.4. The maximum absolute atomic E-state index is 13.8. The number of nitrogens with two attached hydrogens (primary N) is 1. The van der Waals surface area contributed by atoms with Crippen molar-refractivity contribution in [2.45, 2.75) is 25.9 Å². The number of aliphatic imine (C=N–C) groups is 1. The van der Waals surface area contributed by atoms with Crippen LogP contribution in [0.15, 0.2) is 17.1 Å². The molecule has 0 unspecified atom stereocenters. The monoisotopic (exact) mass is 328 g/mol. The lowest BCUT2D eigenvalue weighted by atomic mass is 9.96. The van der Waals surface area contributed by atoms with Gasteiger partial charge in [-0.2, -0.15) is 0 Å². The second-order valence-corrected chi connectivity index (χ2v) is 6.92. The number of Topliss-reactive ketones (excluding diaryl/α,β-unsaturated/α-hetero) is 1. The van der Waals surface area contributed by atoms with Crippen molar-refractivity contribution < 1.29 is 14.0 Å². The number of carbonyl (C=O) groups is 2. The van der Waals surface area contributed by atoms with Crippen molar-refractivity contribution in [1.29, 1.82) is 0 Å². The lowest BCUT2D eigenvalue weighted by Gasteiger charge is -2.32. The largest absolute Gasteiger partial charge is 0.356 e. The Hall–Kier alpha value is -2.54. The standard InChI is InChI=1S/C17H17FN4O2/c1-17(2,19)16(24)22-6-11-15-12(7-22)21-10-4-8(18)3-9(14(10)15)13(23)5-20-11/h3-4,21H,5-7,19H2,1-2H3. The third kappa shape index (κ3) is 2.08. The summed E-state index contributed by atoms with van der Waals surface area (Å²) in [6.07, 6.45) is 0. The molecule has 0 fully saturated rings. The molecule has 0 aliphatic carbocycles. The molecule has 0 spiro atoms. The number of amides is 1. The molecule has 0 saturated heterocycles. The average Bonchev–Trinajstić information content (AvgIpc) is 2.80. The van der Waals surface area contributed by atoms with Gasteiger partial charge in [0.05, 0.1) is 24.3 Å². The molecule has 7 heteroatoms. The number of benzene rings is 1. The zero-order chi connectivity index (χ0) is 17.2. The van der Waals surface area contributed by atoms with Crippen LogP contribution in [0, 0.1) is 5.82 Å². The highest BCUT2D eigenvalue weighted by Gasteiger charge is 2.36. The number of nitrogens with zero attached hydrogens (tertiary/aromatic N) is 2. The number of ketones is 1. The first-order valence-electron chi connectivity index (χ1n) is 7.75. The third-order valence-electron chi connectivity index (χ3n) is 4.47. The molecule has 3 N–H and O–H groups in total. The lowest BCUT2D eigenvalue weighted by Crippen LogP contribution is -2.53. The highest BCUT2D eigenvalue weighted by molar-refractivity contribution is 6.22. The molecule has 24 heavy (non-hydrogen) atoms. The Balaban J connectivity index is 1.92. The fourth-order valence-electron chi connectivity index (χ4n) is 3.45. The maximum Gasteiger partial charge on any atom is 0.242 e. The minimum Gasteiger partial charge on any atom is -0.356 e. The normalized spacial score (nSPS) is 17.1. The van der Waals surface area contributed by atoms with E-state index in [1.165, 1.54) is 12.1 Å². The summed E-state index contributed by atoms with van der Waals surface area (Å²) in [4.78, 5) is 34.0. The van der Waals surface area contributed by atoms with Gasteiger partial charge >= 0.3 is 0 Å². The molecule has 1 aromatic heterocycles. The second-order valence-electron chi connectivity index (χ2n) is 6.92. The fraction of sp³-hybridized carbons (Fsp3) is 0.353. The van der Waals surface area contributed by atoms with Crippen LogP contribution in [-0.4, -0.2) is 45.9 Å². The SMILES string of the molecule is CC(C)(N)C(=O)N1CC2=NCC(=O)c3cc(F)cc4[nH]c(c2c34)C1. The van der Waals surface area contributed by atoms with E-state index in [0.717, 1.165) is 11.3 Å². The molecule has 3 heterocycles. The van der Waals surface area contributed by atoms with Gasteiger partial charge in [-0.25, -0.2) is 4.39 Å². The first kappa shape index (κ1) is 15.0. The summed E-state index contributed by atoms with van der Waals surface area (Å²) in [7, 11) is 0. The van der Waals surface area contributed by atoms with E-state index in [1.54, 1.807) is 18.7 Å². The minimum atomic E-state index is -0.998. The molecule has 0 atom stereocenters. The number of carbonyl (C=O) groups excluding carboxylic acids is 2. The fourth-order valence-corrected chi connectivity index (χ4v) is 3.45. The molecule has 6 nitrogen and oxygen atoms in total. The summed E-state index contributed by atoms with van der Waals surface area (Å²) in [5, 5.41) is 0.701. The molecule has 4 rings (SSSR count). The van der Waals surface area contributed by atoms with Crippen LogP contribution >= 0.6 is 0 Å². The Morgan fingerprint density at radius 3 is 2.83 bits per heavy atom. The second kappa shape index (κ2) is 4.73. The van der Waals surface area contributed by atoms with E-state index in [2.05, 4.69) is 9.98 Å². The van der Waals surface area contributed by atoms with Crippen molar-refractivity contribution in [3.63, 3.8) is 0 Å². The molecule has 1 amide bonds. The van der Waals surface area contributed by atoms with E-state index in [1.807, 2.05) is 0 Å². The quantitative estimate of drug-likeness (QED) is 0.828. The Bertz CT molecular complexity index is 936. The van der Waals surface area contributed by atoms with E-state index < -0.39 is 11.4 Å². The van der Waals surface area contributed by atoms with E-state index in [4.69, 9.17) is 5.73 Å². The van der Waals surface area contributed by atoms with Gasteiger partial charge in [-0.15, -0.1) is 0 Å². The Labute approximate surface area is 137 Å². The summed E-state index contributed by atoms with van der Waals surface area (Å²) in [5.74, 6) is -0.888. The highest BCUT2D eigenvalue weighted by atomic mass is 19.1. The van der Waals surface area contributed by atoms with E-state index in [-0.39, 0.29) is 18.2 Å². The smallest absolute Gasteiger partial charge is 0.242 e. The molecule has 1 aromatic carbocycles. The van der Waals surface area contributed by atoms with Crippen LogP contribution in [0.1, 0.15) is 35.5 Å². The van der Waals surface area contributed by atoms with Crippen molar-refractivity contribution in [3.8, 4) is 0 Å². The van der Waals surface area contributed by atoms with Gasteiger partial charge < -0.3 is 15.6 Å². The molecule has 124 valence electrons. The number of nitrogens with one attached hydrogen (secondary N) is 1. The van der Waals surface area contributed by atoms with E-state index >= 15 is 0 Å². The van der Waals surface area contributed by atoms with Gasteiger partial charge in [0.25, 0.3) is 0 Å². The number of aromatic nitrogens is 1. The molecular weight excluding hydrogens is 311 g/mol. The van der Waals surface area contributed by atoms with Crippen LogP contribution in [0.4, 0.5) is 4.39 Å². The first-order chi connectivity index (χ1) is 11.3. The average molecular weight is 328 g/mol. The van der Waals surface area contributed by atoms with E-state index in [0.29, 0.717) is 35.3 Å². The van der Waals surface area contributed by atoms with Crippen molar-refractivity contribution >= 4 is 28.3 Å². The number of H-pyrrole nitrogens is 1.